The molecule has 2 rings (SSSR count). The number of hydrogen-bond donors (Lipinski definition) is 1. The summed E-state index contributed by atoms with van der Waals surface area (Å²) < 4.78 is 13.5. The molecule has 0 heterocycles. The van der Waals surface area contributed by atoms with Gasteiger partial charge in [-0.25, -0.2) is 4.39 Å². The monoisotopic (exact) mass is 311 g/mol. The Morgan fingerprint density at radius 1 is 1.04 bits per heavy atom. The van der Waals surface area contributed by atoms with Gasteiger partial charge in [-0.15, -0.1) is 0 Å². The smallest absolute Gasteiger partial charge is 0.243 e. The predicted molar refractivity (Wildman–Crippen MR) is 91.6 cm³/mol. The van der Waals surface area contributed by atoms with Crippen LogP contribution in [0.2, 0.25) is 0 Å². The Hall–Kier alpha value is -2.42. The second-order valence-corrected chi connectivity index (χ2v) is 5.61. The number of hydrogen-bond acceptors (Lipinski definition) is 1. The minimum absolute atomic E-state index is 0.119. The summed E-state index contributed by atoms with van der Waals surface area (Å²) >= 11 is 0. The van der Waals surface area contributed by atoms with E-state index in [0.717, 1.165) is 18.4 Å². The van der Waals surface area contributed by atoms with Crippen molar-refractivity contribution >= 4 is 5.91 Å². The summed E-state index contributed by atoms with van der Waals surface area (Å²) in [5.74, 6) is -0.344. The van der Waals surface area contributed by atoms with Crippen LogP contribution in [0.3, 0.4) is 0 Å². The molecule has 0 bridgehead atoms. The molecule has 1 amide bonds. The lowest BCUT2D eigenvalue weighted by Crippen LogP contribution is -2.24. The first-order valence-corrected chi connectivity index (χ1v) is 7.87. The normalized spacial score (nSPS) is 11.3. The fourth-order valence-corrected chi connectivity index (χ4v) is 2.35. The Bertz CT molecular complexity index is 664. The standard InChI is InChI=1S/C20H22FNO/c1-16(11-12-17-7-3-2-4-8-17)15-20(23)22-14-13-18-9-5-6-10-19(18)21/h2-10,15H,11-14H2,1H3,(H,22,23)/b16-15+. The van der Waals surface area contributed by atoms with E-state index in [2.05, 4.69) is 17.4 Å². The van der Waals surface area contributed by atoms with Gasteiger partial charge in [0.05, 0.1) is 0 Å². The summed E-state index contributed by atoms with van der Waals surface area (Å²) in [6.07, 6.45) is 3.90. The third-order valence-electron chi connectivity index (χ3n) is 3.68. The molecular formula is C20H22FNO. The van der Waals surface area contributed by atoms with Crippen LogP contribution in [-0.2, 0) is 17.6 Å². The quantitative estimate of drug-likeness (QED) is 0.768. The van der Waals surface area contributed by atoms with Crippen molar-refractivity contribution in [1.29, 1.82) is 0 Å². The van der Waals surface area contributed by atoms with Gasteiger partial charge < -0.3 is 5.32 Å². The molecule has 0 aliphatic rings. The number of amides is 1. The van der Waals surface area contributed by atoms with Crippen molar-refractivity contribution in [2.75, 3.05) is 6.54 Å². The second-order valence-electron chi connectivity index (χ2n) is 5.61. The van der Waals surface area contributed by atoms with Gasteiger partial charge >= 0.3 is 0 Å². The molecule has 0 unspecified atom stereocenters. The maximum absolute atomic E-state index is 13.5. The maximum atomic E-state index is 13.5. The third kappa shape index (κ3) is 6.07. The molecule has 2 nitrogen and oxygen atoms in total. The van der Waals surface area contributed by atoms with E-state index in [4.69, 9.17) is 0 Å². The van der Waals surface area contributed by atoms with Crippen molar-refractivity contribution in [1.82, 2.24) is 5.32 Å². The highest BCUT2D eigenvalue weighted by molar-refractivity contribution is 5.88. The highest BCUT2D eigenvalue weighted by Gasteiger charge is 2.02. The van der Waals surface area contributed by atoms with Crippen LogP contribution in [0.4, 0.5) is 4.39 Å². The minimum atomic E-state index is -0.226. The Balaban J connectivity index is 1.74. The molecule has 0 aliphatic heterocycles. The molecule has 0 aromatic heterocycles. The first kappa shape index (κ1) is 16.9. The Kier molecular flexibility index (Phi) is 6.55. The van der Waals surface area contributed by atoms with Crippen LogP contribution in [0.5, 0.6) is 0 Å². The van der Waals surface area contributed by atoms with Gasteiger partial charge in [0.15, 0.2) is 0 Å². The number of rotatable bonds is 7. The van der Waals surface area contributed by atoms with Gasteiger partial charge in [-0.05, 0) is 43.4 Å². The zero-order valence-electron chi connectivity index (χ0n) is 13.4. The average Bonchev–Trinajstić information content (AvgIpc) is 2.56. The van der Waals surface area contributed by atoms with Gasteiger partial charge in [0.1, 0.15) is 5.82 Å². The molecule has 2 aromatic carbocycles. The van der Waals surface area contributed by atoms with Crippen molar-refractivity contribution < 1.29 is 9.18 Å². The number of carbonyl (C=O) groups excluding carboxylic acids is 1. The van der Waals surface area contributed by atoms with Crippen molar-refractivity contribution in [2.45, 2.75) is 26.2 Å². The molecule has 0 atom stereocenters. The lowest BCUT2D eigenvalue weighted by atomic mass is 10.1. The van der Waals surface area contributed by atoms with E-state index in [1.165, 1.54) is 11.6 Å². The van der Waals surface area contributed by atoms with Gasteiger partial charge in [0, 0.05) is 12.6 Å². The fraction of sp³-hybridized carbons (Fsp3) is 0.250. The lowest BCUT2D eigenvalue weighted by molar-refractivity contribution is -0.116. The molecule has 0 saturated heterocycles. The third-order valence-corrected chi connectivity index (χ3v) is 3.68. The van der Waals surface area contributed by atoms with Gasteiger partial charge in [-0.2, -0.15) is 0 Å². The van der Waals surface area contributed by atoms with Gasteiger partial charge in [0.25, 0.3) is 0 Å². The maximum Gasteiger partial charge on any atom is 0.243 e. The van der Waals surface area contributed by atoms with Crippen molar-refractivity contribution in [3.05, 3.63) is 83.2 Å². The zero-order chi connectivity index (χ0) is 16.5. The summed E-state index contributed by atoms with van der Waals surface area (Å²) in [6, 6.07) is 16.8. The molecule has 23 heavy (non-hydrogen) atoms. The summed E-state index contributed by atoms with van der Waals surface area (Å²) in [5, 5.41) is 2.81. The van der Waals surface area contributed by atoms with E-state index in [1.54, 1.807) is 24.3 Å². The SMILES string of the molecule is C/C(=C\C(=O)NCCc1ccccc1F)CCc1ccccc1. The van der Waals surface area contributed by atoms with Gasteiger partial charge in [-0.3, -0.25) is 4.79 Å². The number of benzene rings is 2. The van der Waals surface area contributed by atoms with E-state index >= 15 is 0 Å². The molecule has 2 aromatic rings. The van der Waals surface area contributed by atoms with E-state index in [9.17, 15) is 9.18 Å². The van der Waals surface area contributed by atoms with Crippen LogP contribution in [0.25, 0.3) is 0 Å². The summed E-state index contributed by atoms with van der Waals surface area (Å²) in [5.41, 5.74) is 2.93. The molecule has 0 spiro atoms. The van der Waals surface area contributed by atoms with Crippen molar-refractivity contribution in [2.24, 2.45) is 0 Å². The minimum Gasteiger partial charge on any atom is -0.352 e. The average molecular weight is 311 g/mol. The molecule has 120 valence electrons. The van der Waals surface area contributed by atoms with Crippen molar-refractivity contribution in [3.8, 4) is 0 Å². The largest absolute Gasteiger partial charge is 0.352 e. The number of halogens is 1. The van der Waals surface area contributed by atoms with Crippen LogP contribution in [0.1, 0.15) is 24.5 Å². The first-order valence-electron chi connectivity index (χ1n) is 7.87. The summed E-state index contributed by atoms with van der Waals surface area (Å²) in [6.45, 7) is 2.39. The molecule has 0 radical (unpaired) electrons. The molecule has 0 fully saturated rings. The van der Waals surface area contributed by atoms with Crippen LogP contribution >= 0.6 is 0 Å². The Labute approximate surface area is 137 Å². The fourth-order valence-electron chi connectivity index (χ4n) is 2.35. The van der Waals surface area contributed by atoms with Crippen molar-refractivity contribution in [3.63, 3.8) is 0 Å². The number of nitrogens with one attached hydrogen (secondary N) is 1. The lowest BCUT2D eigenvalue weighted by Gasteiger charge is -2.05. The highest BCUT2D eigenvalue weighted by atomic mass is 19.1. The summed E-state index contributed by atoms with van der Waals surface area (Å²) in [7, 11) is 0. The van der Waals surface area contributed by atoms with Crippen LogP contribution in [-0.4, -0.2) is 12.5 Å². The van der Waals surface area contributed by atoms with E-state index in [0.29, 0.717) is 18.5 Å². The predicted octanol–water partition coefficient (Wildman–Crippen LogP) is 4.06. The van der Waals surface area contributed by atoms with Crippen LogP contribution in [0.15, 0.2) is 66.2 Å². The molecule has 1 N–H and O–H groups in total. The molecular weight excluding hydrogens is 289 g/mol. The van der Waals surface area contributed by atoms with Gasteiger partial charge in [0.2, 0.25) is 5.91 Å². The molecule has 0 saturated carbocycles. The van der Waals surface area contributed by atoms with Crippen LogP contribution in [0, 0.1) is 5.82 Å². The number of allylic oxidation sites excluding steroid dienone is 1. The summed E-state index contributed by atoms with van der Waals surface area (Å²) in [4.78, 5) is 11.9. The Morgan fingerprint density at radius 3 is 2.48 bits per heavy atom. The van der Waals surface area contributed by atoms with Crippen LogP contribution < -0.4 is 5.32 Å². The highest BCUT2D eigenvalue weighted by Crippen LogP contribution is 2.09. The number of carbonyl (C=O) groups is 1. The number of aryl methyl sites for hydroxylation is 1. The van der Waals surface area contributed by atoms with E-state index in [-0.39, 0.29) is 11.7 Å². The molecule has 0 aliphatic carbocycles. The van der Waals surface area contributed by atoms with Gasteiger partial charge in [-0.1, -0.05) is 54.1 Å². The molecule has 3 heteroatoms. The topological polar surface area (TPSA) is 29.1 Å². The van der Waals surface area contributed by atoms with E-state index < -0.39 is 0 Å². The van der Waals surface area contributed by atoms with E-state index in [1.807, 2.05) is 25.1 Å². The Morgan fingerprint density at radius 2 is 1.74 bits per heavy atom. The zero-order valence-corrected chi connectivity index (χ0v) is 13.4. The first-order chi connectivity index (χ1) is 11.1. The second kappa shape index (κ2) is 8.89.